The van der Waals surface area contributed by atoms with Crippen LogP contribution in [-0.2, 0) is 0 Å². The van der Waals surface area contributed by atoms with E-state index in [4.69, 9.17) is 4.42 Å². The van der Waals surface area contributed by atoms with Gasteiger partial charge in [-0.25, -0.2) is 0 Å². The molecular weight excluding hydrogens is 779 g/mol. The van der Waals surface area contributed by atoms with Gasteiger partial charge in [-0.15, -0.1) is 0 Å². The van der Waals surface area contributed by atoms with Crippen LogP contribution in [0.25, 0.3) is 137 Å². The van der Waals surface area contributed by atoms with Gasteiger partial charge in [0.15, 0.2) is 0 Å². The van der Waals surface area contributed by atoms with Crippen molar-refractivity contribution in [2.24, 2.45) is 0 Å². The molecule has 0 fully saturated rings. The summed E-state index contributed by atoms with van der Waals surface area (Å²) in [5.41, 5.74) is 14.8. The number of nitrogens with zero attached hydrogens (tertiary/aromatic N) is 3. The van der Waals surface area contributed by atoms with Gasteiger partial charge in [-0.1, -0.05) is 115 Å². The standard InChI is InChI=1S/C60H35N3O/c1-3-13-38(14-4-1)61-53-29-26-37(36-25-28-41-44-19-11-23-57-59(44)60-45(46(41)31-36)20-12-24-58(60)64-57)32-47(53)48-33-40(27-30-54(48)61)63-52-22-10-8-18-43(52)50-34-55-49(35-56(50)63)42-17-7-9-21-51(42)62(55)39-15-5-2-6-16-39/h1-35H. The van der Waals surface area contributed by atoms with Crippen molar-refractivity contribution in [1.82, 2.24) is 13.7 Å². The first-order valence-electron chi connectivity index (χ1n) is 22.0. The average Bonchev–Trinajstić information content (AvgIpc) is 4.09. The van der Waals surface area contributed by atoms with E-state index in [1.54, 1.807) is 0 Å². The van der Waals surface area contributed by atoms with Crippen LogP contribution in [0.2, 0.25) is 0 Å². The Morgan fingerprint density at radius 3 is 1.30 bits per heavy atom. The van der Waals surface area contributed by atoms with Crippen molar-refractivity contribution >= 4 is 109 Å². The summed E-state index contributed by atoms with van der Waals surface area (Å²) in [4.78, 5) is 0. The number of aromatic nitrogens is 3. The highest BCUT2D eigenvalue weighted by molar-refractivity contribution is 6.33. The van der Waals surface area contributed by atoms with Crippen molar-refractivity contribution in [2.75, 3.05) is 0 Å². The zero-order chi connectivity index (χ0) is 41.6. The molecule has 0 saturated heterocycles. The molecule has 0 saturated carbocycles. The van der Waals surface area contributed by atoms with E-state index in [-0.39, 0.29) is 0 Å². The topological polar surface area (TPSA) is 27.9 Å². The van der Waals surface area contributed by atoms with Gasteiger partial charge in [0, 0.05) is 60.2 Å². The molecule has 0 bridgehead atoms. The summed E-state index contributed by atoms with van der Waals surface area (Å²) >= 11 is 0. The molecule has 0 radical (unpaired) electrons. The zero-order valence-corrected chi connectivity index (χ0v) is 34.5. The molecule has 0 aliphatic rings. The normalized spacial score (nSPS) is 12.4. The average molecular weight is 814 g/mol. The molecule has 11 aromatic carbocycles. The van der Waals surface area contributed by atoms with Crippen molar-refractivity contribution in [2.45, 2.75) is 0 Å². The molecule has 4 aromatic heterocycles. The summed E-state index contributed by atoms with van der Waals surface area (Å²) in [5, 5.41) is 14.8. The lowest BCUT2D eigenvalue weighted by Crippen LogP contribution is -1.96. The predicted molar refractivity (Wildman–Crippen MR) is 268 cm³/mol. The molecule has 296 valence electrons. The largest absolute Gasteiger partial charge is 0.456 e. The van der Waals surface area contributed by atoms with E-state index in [1.807, 2.05) is 0 Å². The van der Waals surface area contributed by atoms with Gasteiger partial charge in [-0.05, 0) is 130 Å². The number of fused-ring (bicyclic) bond motifs is 12. The number of benzene rings is 11. The Hall–Kier alpha value is -8.60. The molecule has 15 rings (SSSR count). The fourth-order valence-electron chi connectivity index (χ4n) is 11.2. The van der Waals surface area contributed by atoms with Crippen LogP contribution in [-0.4, -0.2) is 13.7 Å². The number of para-hydroxylation sites is 4. The molecule has 15 aromatic rings. The quantitative estimate of drug-likeness (QED) is 0.163. The van der Waals surface area contributed by atoms with Gasteiger partial charge < -0.3 is 18.1 Å². The first-order valence-corrected chi connectivity index (χ1v) is 22.0. The molecule has 4 heterocycles. The molecular formula is C60H35N3O. The Morgan fingerprint density at radius 2 is 0.672 bits per heavy atom. The van der Waals surface area contributed by atoms with Crippen LogP contribution in [0.3, 0.4) is 0 Å². The third-order valence-corrected chi connectivity index (χ3v) is 14.0. The van der Waals surface area contributed by atoms with E-state index in [9.17, 15) is 0 Å². The molecule has 0 N–H and O–H groups in total. The van der Waals surface area contributed by atoms with Gasteiger partial charge in [0.1, 0.15) is 11.2 Å². The summed E-state index contributed by atoms with van der Waals surface area (Å²) in [6, 6.07) is 77.9. The van der Waals surface area contributed by atoms with Crippen LogP contribution in [0.5, 0.6) is 0 Å². The monoisotopic (exact) mass is 813 g/mol. The molecule has 0 atom stereocenters. The van der Waals surface area contributed by atoms with Crippen LogP contribution >= 0.6 is 0 Å². The van der Waals surface area contributed by atoms with Crippen LogP contribution in [0.4, 0.5) is 0 Å². The summed E-state index contributed by atoms with van der Waals surface area (Å²) < 4.78 is 13.7. The van der Waals surface area contributed by atoms with Crippen LogP contribution < -0.4 is 0 Å². The first kappa shape index (κ1) is 34.0. The van der Waals surface area contributed by atoms with Gasteiger partial charge in [0.05, 0.1) is 33.1 Å². The van der Waals surface area contributed by atoms with Crippen molar-refractivity contribution in [1.29, 1.82) is 0 Å². The number of hydrogen-bond donors (Lipinski definition) is 0. The summed E-state index contributed by atoms with van der Waals surface area (Å²) in [6.45, 7) is 0. The minimum absolute atomic E-state index is 0.938. The SMILES string of the molecule is c1ccc(-n2c3ccc(-c4ccc5c(c4)c4cccc6oc7cccc5c7c64)cc3c3cc(-n4c5ccccc5c5cc6c(cc54)c4ccccc4n6-c4ccccc4)ccc32)cc1. The molecule has 0 unspecified atom stereocenters. The zero-order valence-electron chi connectivity index (χ0n) is 34.5. The minimum Gasteiger partial charge on any atom is -0.456 e. The number of furan rings is 1. The van der Waals surface area contributed by atoms with Gasteiger partial charge in [-0.2, -0.15) is 0 Å². The maximum absolute atomic E-state index is 6.36. The number of rotatable bonds is 4. The predicted octanol–water partition coefficient (Wildman–Crippen LogP) is 16.3. The van der Waals surface area contributed by atoms with Gasteiger partial charge in [-0.3, -0.25) is 0 Å². The maximum Gasteiger partial charge on any atom is 0.136 e. The Bertz CT molecular complexity index is 4410. The third kappa shape index (κ3) is 4.51. The van der Waals surface area contributed by atoms with Gasteiger partial charge >= 0.3 is 0 Å². The molecule has 0 aliphatic heterocycles. The smallest absolute Gasteiger partial charge is 0.136 e. The highest BCUT2D eigenvalue weighted by Crippen LogP contribution is 2.45. The summed E-state index contributed by atoms with van der Waals surface area (Å²) in [5.74, 6) is 0. The molecule has 0 spiro atoms. The second-order valence-corrected chi connectivity index (χ2v) is 17.3. The first-order chi connectivity index (χ1) is 31.7. The lowest BCUT2D eigenvalue weighted by Gasteiger charge is -2.11. The molecule has 0 amide bonds. The summed E-state index contributed by atoms with van der Waals surface area (Å²) in [6.07, 6.45) is 0. The molecule has 64 heavy (non-hydrogen) atoms. The number of hydrogen-bond acceptors (Lipinski definition) is 1. The Morgan fingerprint density at radius 1 is 0.234 bits per heavy atom. The van der Waals surface area contributed by atoms with E-state index >= 15 is 0 Å². The molecule has 0 aliphatic carbocycles. The van der Waals surface area contributed by atoms with Crippen LogP contribution in [0, 0.1) is 0 Å². The molecule has 4 nitrogen and oxygen atoms in total. The Balaban J connectivity index is 0.986. The van der Waals surface area contributed by atoms with E-state index in [0.717, 1.165) is 28.2 Å². The fraction of sp³-hybridized carbons (Fsp3) is 0. The van der Waals surface area contributed by atoms with Gasteiger partial charge in [0.2, 0.25) is 0 Å². The van der Waals surface area contributed by atoms with Crippen LogP contribution in [0.1, 0.15) is 0 Å². The van der Waals surface area contributed by atoms with Crippen molar-refractivity contribution in [3.05, 3.63) is 212 Å². The van der Waals surface area contributed by atoms with Crippen molar-refractivity contribution in [3.8, 4) is 28.2 Å². The van der Waals surface area contributed by atoms with Crippen LogP contribution in [0.15, 0.2) is 217 Å². The Labute approximate surface area is 366 Å². The highest BCUT2D eigenvalue weighted by atomic mass is 16.3. The summed E-state index contributed by atoms with van der Waals surface area (Å²) in [7, 11) is 0. The fourth-order valence-corrected chi connectivity index (χ4v) is 11.2. The maximum atomic E-state index is 6.36. The molecule has 4 heteroatoms. The Kier molecular flexibility index (Phi) is 6.65. The van der Waals surface area contributed by atoms with Crippen molar-refractivity contribution < 1.29 is 4.42 Å². The van der Waals surface area contributed by atoms with E-state index in [0.29, 0.717) is 0 Å². The van der Waals surface area contributed by atoms with Gasteiger partial charge in [0.25, 0.3) is 0 Å². The minimum atomic E-state index is 0.938. The van der Waals surface area contributed by atoms with E-state index < -0.39 is 0 Å². The second kappa shape index (κ2) is 12.5. The lowest BCUT2D eigenvalue weighted by atomic mass is 9.92. The lowest BCUT2D eigenvalue weighted by molar-refractivity contribution is 0.669. The second-order valence-electron chi connectivity index (χ2n) is 17.3. The van der Waals surface area contributed by atoms with E-state index in [2.05, 4.69) is 226 Å². The van der Waals surface area contributed by atoms with Crippen molar-refractivity contribution in [3.63, 3.8) is 0 Å². The third-order valence-electron chi connectivity index (χ3n) is 14.0. The van der Waals surface area contributed by atoms with E-state index in [1.165, 1.54) is 109 Å². The highest BCUT2D eigenvalue weighted by Gasteiger charge is 2.21.